The fourth-order valence-electron chi connectivity index (χ4n) is 0. The molecule has 0 saturated heterocycles. The standard InChI is InChI=1S/C2H3.BrH.Zn/c1-2;;/h1H,2H2;1H;/q-1;;. The van der Waals surface area contributed by atoms with E-state index in [4.69, 9.17) is 0 Å². The second kappa shape index (κ2) is 43.7. The molecule has 0 aromatic rings. The molecular weight excluding hydrogens is 169 g/mol. The minimum Gasteiger partial charge on any atom is -0.521 e. The Morgan fingerprint density at radius 2 is 1.25 bits per heavy atom. The molecule has 0 unspecified atom stereocenters. The van der Waals surface area contributed by atoms with Crippen LogP contribution in [0.5, 0.6) is 0 Å². The minimum absolute atomic E-state index is 0. The molecule has 0 amide bonds. The molecule has 0 rings (SSSR count). The van der Waals surface area contributed by atoms with Crippen LogP contribution in [0, 0.1) is 6.58 Å². The van der Waals surface area contributed by atoms with Gasteiger partial charge in [-0.2, -0.15) is 0 Å². The minimum atomic E-state index is 0. The summed E-state index contributed by atoms with van der Waals surface area (Å²) in [5, 5.41) is 0. The third-order valence-corrected chi connectivity index (χ3v) is 0. The average Bonchev–Trinajstić information content (AvgIpc) is 1.00. The Hall–Kier alpha value is 0.843. The SMILES string of the molecule is Br.[CH-]=C.[Zn]. The van der Waals surface area contributed by atoms with Crippen LogP contribution in [0.15, 0.2) is 6.58 Å². The van der Waals surface area contributed by atoms with Crippen LogP contribution in [0.2, 0.25) is 0 Å². The fraction of sp³-hybridized carbons (Fsp3) is 0. The molecule has 2 heteroatoms. The zero-order valence-electron chi connectivity index (χ0n) is 2.40. The van der Waals surface area contributed by atoms with Gasteiger partial charge in [-0.1, -0.05) is 0 Å². The monoisotopic (exact) mass is 171 g/mol. The summed E-state index contributed by atoms with van der Waals surface area (Å²) in [5.41, 5.74) is 0. The maximum Gasteiger partial charge on any atom is 0 e. The molecule has 0 N–H and O–H groups in total. The van der Waals surface area contributed by atoms with Crippen LogP contribution >= 0.6 is 17.0 Å². The first-order chi connectivity index (χ1) is 1.00. The molecule has 0 saturated carbocycles. The van der Waals surface area contributed by atoms with E-state index in [9.17, 15) is 0 Å². The van der Waals surface area contributed by atoms with E-state index in [2.05, 4.69) is 13.2 Å². The van der Waals surface area contributed by atoms with E-state index in [-0.39, 0.29) is 36.5 Å². The molecule has 0 nitrogen and oxygen atoms in total. The van der Waals surface area contributed by atoms with E-state index >= 15 is 0 Å². The molecular formula is C2H4BrZn-. The van der Waals surface area contributed by atoms with E-state index in [1.807, 2.05) is 0 Å². The maximum absolute atomic E-state index is 4.25. The summed E-state index contributed by atoms with van der Waals surface area (Å²) < 4.78 is 0. The van der Waals surface area contributed by atoms with Crippen LogP contribution in [0.1, 0.15) is 0 Å². The molecule has 0 aromatic carbocycles. The molecule has 0 aliphatic heterocycles. The predicted octanol–water partition coefficient (Wildman–Crippen LogP) is 1.18. The number of halogens is 1. The van der Waals surface area contributed by atoms with E-state index < -0.39 is 0 Å². The molecule has 0 aliphatic rings. The van der Waals surface area contributed by atoms with Crippen molar-refractivity contribution in [1.29, 1.82) is 0 Å². The van der Waals surface area contributed by atoms with Crippen molar-refractivity contribution < 1.29 is 19.5 Å². The van der Waals surface area contributed by atoms with Gasteiger partial charge in [0.2, 0.25) is 0 Å². The van der Waals surface area contributed by atoms with Gasteiger partial charge in [-0.05, 0) is 0 Å². The van der Waals surface area contributed by atoms with Crippen molar-refractivity contribution in [2.45, 2.75) is 0 Å². The topological polar surface area (TPSA) is 0 Å². The Bertz CT molecular complexity index is 6.00. The second-order valence-electron chi connectivity index (χ2n) is 0. The summed E-state index contributed by atoms with van der Waals surface area (Å²) in [5.74, 6) is 0. The molecule has 0 fully saturated rings. The van der Waals surface area contributed by atoms with Gasteiger partial charge in [0.25, 0.3) is 0 Å². The third kappa shape index (κ3) is 13.6. The number of hydrogen-bond donors (Lipinski definition) is 0. The summed E-state index contributed by atoms with van der Waals surface area (Å²) in [7, 11) is 0. The normalized spacial score (nSPS) is 1.00. The van der Waals surface area contributed by atoms with Crippen LogP contribution in [-0.2, 0) is 19.5 Å². The van der Waals surface area contributed by atoms with Crippen LogP contribution in [0.25, 0.3) is 0 Å². The Morgan fingerprint density at radius 1 is 1.25 bits per heavy atom. The zero-order chi connectivity index (χ0) is 2.00. The Kier molecular flexibility index (Phi) is 230. The maximum atomic E-state index is 4.25. The van der Waals surface area contributed by atoms with Crippen molar-refractivity contribution in [2.24, 2.45) is 0 Å². The quantitative estimate of drug-likeness (QED) is 0.381. The summed E-state index contributed by atoms with van der Waals surface area (Å²) in [4.78, 5) is 0. The molecule has 0 spiro atoms. The molecule has 0 aromatic heterocycles. The summed E-state index contributed by atoms with van der Waals surface area (Å²) in [6.07, 6.45) is 0. The number of rotatable bonds is 0. The van der Waals surface area contributed by atoms with E-state index in [1.165, 1.54) is 0 Å². The van der Waals surface area contributed by atoms with Crippen molar-refractivity contribution in [3.63, 3.8) is 0 Å². The van der Waals surface area contributed by atoms with Gasteiger partial charge in [0.05, 0.1) is 0 Å². The molecule has 0 heterocycles. The van der Waals surface area contributed by atoms with Crippen molar-refractivity contribution in [1.82, 2.24) is 0 Å². The van der Waals surface area contributed by atoms with Gasteiger partial charge in [-0.15, -0.1) is 17.0 Å². The first-order valence-electron chi connectivity index (χ1n) is 0.408. The van der Waals surface area contributed by atoms with Gasteiger partial charge in [-0.3, -0.25) is 6.58 Å². The van der Waals surface area contributed by atoms with Gasteiger partial charge >= 0.3 is 0 Å². The summed E-state index contributed by atoms with van der Waals surface area (Å²) >= 11 is 0. The van der Waals surface area contributed by atoms with Crippen LogP contribution in [-0.4, -0.2) is 0 Å². The first-order valence-corrected chi connectivity index (χ1v) is 0.408. The average molecular weight is 173 g/mol. The fourth-order valence-corrected chi connectivity index (χ4v) is 0. The van der Waals surface area contributed by atoms with Gasteiger partial charge in [0.1, 0.15) is 0 Å². The van der Waals surface area contributed by atoms with Gasteiger partial charge in [0, 0.05) is 19.5 Å². The van der Waals surface area contributed by atoms with E-state index in [0.29, 0.717) is 0 Å². The third-order valence-electron chi connectivity index (χ3n) is 0. The number of hydrogen-bond acceptors (Lipinski definition) is 0. The van der Waals surface area contributed by atoms with Crippen molar-refractivity contribution in [3.8, 4) is 0 Å². The first kappa shape index (κ1) is 21.1. The van der Waals surface area contributed by atoms with E-state index in [0.717, 1.165) is 0 Å². The molecule has 0 radical (unpaired) electrons. The Balaban J connectivity index is -0.00000000500. The molecule has 22 valence electrons. The molecule has 0 bridgehead atoms. The van der Waals surface area contributed by atoms with Crippen molar-refractivity contribution in [3.05, 3.63) is 13.2 Å². The summed E-state index contributed by atoms with van der Waals surface area (Å²) in [6, 6.07) is 0. The summed E-state index contributed by atoms with van der Waals surface area (Å²) in [6.45, 7) is 7.00. The molecule has 0 aliphatic carbocycles. The van der Waals surface area contributed by atoms with E-state index in [1.54, 1.807) is 0 Å². The van der Waals surface area contributed by atoms with Gasteiger partial charge in [-0.25, -0.2) is 0 Å². The van der Waals surface area contributed by atoms with Gasteiger partial charge < -0.3 is 6.58 Å². The van der Waals surface area contributed by atoms with Crippen LogP contribution in [0.4, 0.5) is 0 Å². The predicted molar refractivity (Wildman–Crippen MR) is 20.2 cm³/mol. The molecule has 4 heavy (non-hydrogen) atoms. The largest absolute Gasteiger partial charge is 0.521 e. The smallest absolute Gasteiger partial charge is 0 e. The van der Waals surface area contributed by atoms with Crippen molar-refractivity contribution >= 4 is 17.0 Å². The molecule has 0 atom stereocenters. The zero-order valence-corrected chi connectivity index (χ0v) is 7.08. The Morgan fingerprint density at radius 3 is 1.25 bits per heavy atom. The van der Waals surface area contributed by atoms with Crippen molar-refractivity contribution in [2.75, 3.05) is 0 Å². The Labute approximate surface area is 49.8 Å². The van der Waals surface area contributed by atoms with Gasteiger partial charge in [0.15, 0.2) is 0 Å². The van der Waals surface area contributed by atoms with Crippen LogP contribution in [0.3, 0.4) is 0 Å². The van der Waals surface area contributed by atoms with Crippen LogP contribution < -0.4 is 0 Å². The second-order valence-corrected chi connectivity index (χ2v) is 0.